The van der Waals surface area contributed by atoms with Crippen molar-refractivity contribution in [1.82, 2.24) is 0 Å². The fourth-order valence-corrected chi connectivity index (χ4v) is 3.35. The molecule has 0 bridgehead atoms. The summed E-state index contributed by atoms with van der Waals surface area (Å²) in [6.45, 7) is 0. The number of hydrogen-bond donors (Lipinski definition) is 1. The molecule has 27 heavy (non-hydrogen) atoms. The number of alkyl halides is 3. The van der Waals surface area contributed by atoms with Gasteiger partial charge < -0.3 is 14.6 Å². The second-order valence-electron chi connectivity index (χ2n) is 5.80. The van der Waals surface area contributed by atoms with Crippen LogP contribution in [0.5, 0.6) is 17.2 Å². The van der Waals surface area contributed by atoms with Crippen LogP contribution in [0.25, 0.3) is 0 Å². The van der Waals surface area contributed by atoms with Gasteiger partial charge in [0.1, 0.15) is 23.2 Å². The summed E-state index contributed by atoms with van der Waals surface area (Å²) in [5.41, 5.74) is 0.238. The van der Waals surface area contributed by atoms with Crippen LogP contribution in [-0.2, 0) is 11.2 Å². The van der Waals surface area contributed by atoms with E-state index in [0.717, 1.165) is 0 Å². The minimum atomic E-state index is -4.85. The molecule has 2 aromatic rings. The van der Waals surface area contributed by atoms with Gasteiger partial charge >= 0.3 is 12.1 Å². The highest BCUT2D eigenvalue weighted by atomic mass is 35.5. The summed E-state index contributed by atoms with van der Waals surface area (Å²) in [6.07, 6.45) is -7.70. The van der Waals surface area contributed by atoms with Gasteiger partial charge in [-0.05, 0) is 36.2 Å². The zero-order valence-corrected chi connectivity index (χ0v) is 15.5. The molecule has 0 fully saturated rings. The summed E-state index contributed by atoms with van der Waals surface area (Å²) in [4.78, 5) is 11.2. The highest BCUT2D eigenvalue weighted by molar-refractivity contribution is 6.35. The van der Waals surface area contributed by atoms with E-state index in [2.05, 4.69) is 0 Å². The predicted octanol–water partition coefficient (Wildman–Crippen LogP) is 6.01. The van der Waals surface area contributed by atoms with Crippen molar-refractivity contribution in [2.75, 3.05) is 0 Å². The van der Waals surface area contributed by atoms with Gasteiger partial charge in [0.15, 0.2) is 0 Å². The number of fused-ring (bicyclic) bond motifs is 1. The van der Waals surface area contributed by atoms with Crippen LogP contribution in [0, 0.1) is 5.92 Å². The lowest BCUT2D eigenvalue weighted by molar-refractivity contribution is -0.217. The molecule has 144 valence electrons. The molecule has 0 spiro atoms. The van der Waals surface area contributed by atoms with Crippen LogP contribution in [0.2, 0.25) is 15.1 Å². The molecule has 1 aliphatic rings. The lowest BCUT2D eigenvalue weighted by Gasteiger charge is -2.32. The quantitative estimate of drug-likeness (QED) is 0.634. The van der Waals surface area contributed by atoms with Gasteiger partial charge in [0, 0.05) is 11.1 Å². The average molecular weight is 442 g/mol. The Morgan fingerprint density at radius 3 is 2.37 bits per heavy atom. The minimum Gasteiger partial charge on any atom is -0.481 e. The van der Waals surface area contributed by atoms with Crippen molar-refractivity contribution in [1.29, 1.82) is 0 Å². The number of carboxylic acid groups (broad SMARTS) is 1. The summed E-state index contributed by atoms with van der Waals surface area (Å²) < 4.78 is 50.1. The largest absolute Gasteiger partial charge is 0.481 e. The number of aliphatic carboxylic acids is 1. The predicted molar refractivity (Wildman–Crippen MR) is 93.3 cm³/mol. The zero-order chi connectivity index (χ0) is 19.9. The van der Waals surface area contributed by atoms with Crippen molar-refractivity contribution < 1.29 is 32.5 Å². The number of carbonyl (C=O) groups is 1. The molecule has 0 radical (unpaired) electrons. The molecule has 4 nitrogen and oxygen atoms in total. The summed E-state index contributed by atoms with van der Waals surface area (Å²) in [5, 5.41) is 9.73. The van der Waals surface area contributed by atoms with Crippen molar-refractivity contribution in [3.63, 3.8) is 0 Å². The summed E-state index contributed by atoms with van der Waals surface area (Å²) in [6, 6.07) is 6.92. The van der Waals surface area contributed by atoms with Crippen LogP contribution >= 0.6 is 34.8 Å². The Morgan fingerprint density at radius 1 is 1.11 bits per heavy atom. The number of carboxylic acids is 1. The lowest BCUT2D eigenvalue weighted by atomic mass is 9.90. The highest BCUT2D eigenvalue weighted by Crippen LogP contribution is 2.44. The number of ether oxygens (including phenoxy) is 2. The van der Waals surface area contributed by atoms with Gasteiger partial charge in [0.2, 0.25) is 6.10 Å². The van der Waals surface area contributed by atoms with Crippen molar-refractivity contribution in [2.24, 2.45) is 5.92 Å². The Morgan fingerprint density at radius 2 is 1.78 bits per heavy atom. The first-order valence-electron chi connectivity index (χ1n) is 7.47. The van der Waals surface area contributed by atoms with Gasteiger partial charge in [-0.25, -0.2) is 0 Å². The Hall–Kier alpha value is -1.83. The monoisotopic (exact) mass is 440 g/mol. The first-order chi connectivity index (χ1) is 12.6. The molecule has 1 aliphatic heterocycles. The fourth-order valence-electron chi connectivity index (χ4n) is 2.67. The molecule has 0 amide bonds. The number of halogens is 6. The second kappa shape index (κ2) is 7.30. The Bertz CT molecular complexity index is 902. The Balaban J connectivity index is 1.97. The molecule has 0 aliphatic carbocycles. The molecular formula is C17H10Cl3F3O4. The third-order valence-corrected chi connectivity index (χ3v) is 4.75. The maximum Gasteiger partial charge on any atom is 0.426 e. The van der Waals surface area contributed by atoms with E-state index in [0.29, 0.717) is 5.02 Å². The molecule has 0 aromatic heterocycles. The summed E-state index contributed by atoms with van der Waals surface area (Å²) in [7, 11) is 0. The van der Waals surface area contributed by atoms with E-state index >= 15 is 0 Å². The second-order valence-corrected chi connectivity index (χ2v) is 7.05. The van der Waals surface area contributed by atoms with Gasteiger partial charge in [-0.15, -0.1) is 0 Å². The van der Waals surface area contributed by atoms with Crippen molar-refractivity contribution in [3.8, 4) is 17.2 Å². The van der Waals surface area contributed by atoms with E-state index in [-0.39, 0.29) is 39.3 Å². The molecule has 3 rings (SSSR count). The van der Waals surface area contributed by atoms with Crippen molar-refractivity contribution in [2.45, 2.75) is 18.7 Å². The topological polar surface area (TPSA) is 55.8 Å². The molecule has 0 saturated heterocycles. The van der Waals surface area contributed by atoms with E-state index in [9.17, 15) is 18.0 Å². The van der Waals surface area contributed by atoms with E-state index in [1.54, 1.807) is 0 Å². The lowest BCUT2D eigenvalue weighted by Crippen LogP contribution is -2.47. The van der Waals surface area contributed by atoms with Crippen LogP contribution in [0.3, 0.4) is 0 Å². The van der Waals surface area contributed by atoms with Gasteiger partial charge in [0.25, 0.3) is 0 Å². The maximum atomic E-state index is 13.2. The molecule has 1 N–H and O–H groups in total. The van der Waals surface area contributed by atoms with Gasteiger partial charge in [-0.2, -0.15) is 13.2 Å². The first kappa shape index (κ1) is 19.9. The van der Waals surface area contributed by atoms with Gasteiger partial charge in [-0.1, -0.05) is 34.8 Å². The Labute approximate surface area is 166 Å². The van der Waals surface area contributed by atoms with Crippen molar-refractivity contribution in [3.05, 3.63) is 51.0 Å². The molecule has 10 heteroatoms. The van der Waals surface area contributed by atoms with Crippen LogP contribution < -0.4 is 9.47 Å². The molecule has 0 saturated carbocycles. The zero-order valence-electron chi connectivity index (χ0n) is 13.2. The van der Waals surface area contributed by atoms with Crippen LogP contribution in [0.15, 0.2) is 30.3 Å². The Kier molecular flexibility index (Phi) is 5.38. The third kappa shape index (κ3) is 4.20. The summed E-state index contributed by atoms with van der Waals surface area (Å²) in [5.74, 6) is -3.33. The number of rotatable bonds is 3. The van der Waals surface area contributed by atoms with E-state index in [1.807, 2.05) is 0 Å². The fraction of sp³-hybridized carbons (Fsp3) is 0.235. The maximum absolute atomic E-state index is 13.2. The highest BCUT2D eigenvalue weighted by Gasteiger charge is 2.52. The SMILES string of the molecule is O=C(O)C1Cc2cc(Cl)c(Oc3ccc(Cl)cc3Cl)cc2OC1C(F)(F)F. The van der Waals surface area contributed by atoms with Gasteiger partial charge in [0.05, 0.1) is 10.0 Å². The van der Waals surface area contributed by atoms with Crippen LogP contribution in [0.1, 0.15) is 5.56 Å². The summed E-state index contributed by atoms with van der Waals surface area (Å²) >= 11 is 17.9. The average Bonchev–Trinajstić information content (AvgIpc) is 2.55. The van der Waals surface area contributed by atoms with Crippen molar-refractivity contribution >= 4 is 40.8 Å². The van der Waals surface area contributed by atoms with E-state index in [1.165, 1.54) is 30.3 Å². The smallest absolute Gasteiger partial charge is 0.426 e. The normalized spacial score (nSPS) is 19.2. The molecule has 2 aromatic carbocycles. The molecular weight excluding hydrogens is 432 g/mol. The van der Waals surface area contributed by atoms with Crippen LogP contribution in [0.4, 0.5) is 13.2 Å². The number of hydrogen-bond acceptors (Lipinski definition) is 3. The van der Waals surface area contributed by atoms with Gasteiger partial charge in [-0.3, -0.25) is 4.79 Å². The number of benzene rings is 2. The minimum absolute atomic E-state index is 0.00865. The first-order valence-corrected chi connectivity index (χ1v) is 8.61. The molecule has 2 unspecified atom stereocenters. The van der Waals surface area contributed by atoms with E-state index in [4.69, 9.17) is 49.4 Å². The molecule has 2 atom stereocenters. The molecule has 1 heterocycles. The third-order valence-electron chi connectivity index (χ3n) is 3.93. The van der Waals surface area contributed by atoms with Crippen LogP contribution in [-0.4, -0.2) is 23.4 Å². The van der Waals surface area contributed by atoms with E-state index < -0.39 is 24.2 Å². The standard InChI is InChI=1S/C17H10Cl3F3O4/c18-8-1-2-12(11(20)5-8)26-14-6-13-7(4-10(14)19)3-9(16(24)25)15(27-13)17(21,22)23/h1-2,4-6,9,15H,3H2,(H,24,25).